The Morgan fingerprint density at radius 3 is 2.77 bits per heavy atom. The fourth-order valence-electron chi connectivity index (χ4n) is 1.13. The van der Waals surface area contributed by atoms with Crippen LogP contribution in [-0.2, 0) is 0 Å². The van der Waals surface area contributed by atoms with Gasteiger partial charge in [-0.05, 0) is 41.1 Å². The first-order valence-electron chi connectivity index (χ1n) is 3.76. The van der Waals surface area contributed by atoms with Gasteiger partial charge in [-0.3, -0.25) is 0 Å². The van der Waals surface area contributed by atoms with E-state index in [9.17, 15) is 0 Å². The fourth-order valence-corrected chi connectivity index (χ4v) is 1.72. The predicted octanol–water partition coefficient (Wildman–Crippen LogP) is 1.73. The van der Waals surface area contributed by atoms with E-state index in [2.05, 4.69) is 31.5 Å². The van der Waals surface area contributed by atoms with Crippen LogP contribution < -0.4 is 0 Å². The summed E-state index contributed by atoms with van der Waals surface area (Å²) in [6, 6.07) is 6.01. The first-order chi connectivity index (χ1) is 6.25. The van der Waals surface area contributed by atoms with Crippen molar-refractivity contribution in [1.82, 2.24) is 20.2 Å². The van der Waals surface area contributed by atoms with Gasteiger partial charge in [0.15, 0.2) is 0 Å². The molecule has 1 aromatic carbocycles. The molecule has 0 atom stereocenters. The maximum atomic E-state index is 3.80. The van der Waals surface area contributed by atoms with E-state index in [4.69, 9.17) is 0 Å². The van der Waals surface area contributed by atoms with E-state index < -0.39 is 0 Å². The summed E-state index contributed by atoms with van der Waals surface area (Å²) in [7, 11) is 0. The quantitative estimate of drug-likeness (QED) is 0.761. The van der Waals surface area contributed by atoms with Gasteiger partial charge in [0.05, 0.1) is 5.69 Å². The van der Waals surface area contributed by atoms with Gasteiger partial charge in [0.25, 0.3) is 0 Å². The van der Waals surface area contributed by atoms with Gasteiger partial charge in [-0.25, -0.2) is 4.68 Å². The molecule has 1 heterocycles. The van der Waals surface area contributed by atoms with Crippen molar-refractivity contribution in [2.24, 2.45) is 0 Å². The largest absolute Gasteiger partial charge is 0.201 e. The van der Waals surface area contributed by atoms with Gasteiger partial charge in [-0.1, -0.05) is 15.9 Å². The maximum absolute atomic E-state index is 3.80. The van der Waals surface area contributed by atoms with Crippen LogP contribution >= 0.6 is 15.9 Å². The number of hydrogen-bond acceptors (Lipinski definition) is 3. The molecule has 0 amide bonds. The van der Waals surface area contributed by atoms with Crippen LogP contribution in [0.1, 0.15) is 5.56 Å². The third-order valence-electron chi connectivity index (χ3n) is 1.64. The highest BCUT2D eigenvalue weighted by Crippen LogP contribution is 2.17. The molecule has 0 unspecified atom stereocenters. The lowest BCUT2D eigenvalue weighted by Gasteiger charge is -2.01. The molecule has 0 radical (unpaired) electrons. The first kappa shape index (κ1) is 8.37. The van der Waals surface area contributed by atoms with Crippen molar-refractivity contribution in [1.29, 1.82) is 0 Å². The number of nitrogens with zero attached hydrogens (tertiary/aromatic N) is 4. The van der Waals surface area contributed by atoms with Crippen molar-refractivity contribution in [3.63, 3.8) is 0 Å². The third-order valence-corrected chi connectivity index (χ3v) is 2.10. The number of aryl methyl sites for hydroxylation is 1. The van der Waals surface area contributed by atoms with Crippen molar-refractivity contribution in [2.45, 2.75) is 6.92 Å². The standard InChI is InChI=1S/C8H7BrN4/c1-6-2-7(9)4-8(3-6)13-5-10-11-12-13/h2-5H,1H3. The number of rotatable bonds is 1. The summed E-state index contributed by atoms with van der Waals surface area (Å²) in [4.78, 5) is 0. The number of tetrazole rings is 1. The smallest absolute Gasteiger partial charge is 0.143 e. The lowest BCUT2D eigenvalue weighted by atomic mass is 10.2. The van der Waals surface area contributed by atoms with Gasteiger partial charge in [0.2, 0.25) is 0 Å². The van der Waals surface area contributed by atoms with Crippen LogP contribution in [0.15, 0.2) is 29.0 Å². The molecule has 0 saturated carbocycles. The van der Waals surface area contributed by atoms with Crippen LogP contribution in [0.25, 0.3) is 5.69 Å². The molecule has 2 aromatic rings. The second-order valence-electron chi connectivity index (χ2n) is 2.74. The highest BCUT2D eigenvalue weighted by molar-refractivity contribution is 9.10. The van der Waals surface area contributed by atoms with Crippen molar-refractivity contribution < 1.29 is 0 Å². The summed E-state index contributed by atoms with van der Waals surface area (Å²) in [5.41, 5.74) is 2.12. The van der Waals surface area contributed by atoms with Gasteiger partial charge in [0, 0.05) is 4.47 Å². The highest BCUT2D eigenvalue weighted by Gasteiger charge is 1.99. The molecule has 0 fully saturated rings. The molecule has 0 spiro atoms. The van der Waals surface area contributed by atoms with Gasteiger partial charge in [-0.15, -0.1) is 5.10 Å². The SMILES string of the molecule is Cc1cc(Br)cc(-n2cnnn2)c1. The average Bonchev–Trinajstić information content (AvgIpc) is 2.53. The zero-order valence-electron chi connectivity index (χ0n) is 6.98. The Labute approximate surface area is 83.7 Å². The van der Waals surface area contributed by atoms with Gasteiger partial charge in [0.1, 0.15) is 6.33 Å². The zero-order valence-corrected chi connectivity index (χ0v) is 8.56. The Morgan fingerprint density at radius 2 is 2.15 bits per heavy atom. The van der Waals surface area contributed by atoms with E-state index in [-0.39, 0.29) is 0 Å². The number of hydrogen-bond donors (Lipinski definition) is 0. The van der Waals surface area contributed by atoms with Crippen LogP contribution in [0, 0.1) is 6.92 Å². The maximum Gasteiger partial charge on any atom is 0.143 e. The zero-order chi connectivity index (χ0) is 9.26. The molecule has 13 heavy (non-hydrogen) atoms. The topological polar surface area (TPSA) is 43.6 Å². The van der Waals surface area contributed by atoms with Gasteiger partial charge >= 0.3 is 0 Å². The summed E-state index contributed by atoms with van der Waals surface area (Å²) < 4.78 is 2.65. The minimum absolute atomic E-state index is 0.955. The van der Waals surface area contributed by atoms with Crippen molar-refractivity contribution in [3.8, 4) is 5.69 Å². The molecule has 66 valence electrons. The van der Waals surface area contributed by atoms with E-state index >= 15 is 0 Å². The van der Waals surface area contributed by atoms with Crippen molar-refractivity contribution in [3.05, 3.63) is 34.6 Å². The Bertz CT molecular complexity index is 390. The second kappa shape index (κ2) is 3.26. The molecule has 0 N–H and O–H groups in total. The molecule has 5 heteroatoms. The van der Waals surface area contributed by atoms with E-state index in [0.717, 1.165) is 10.2 Å². The summed E-state index contributed by atoms with van der Waals surface area (Å²) >= 11 is 3.42. The minimum atomic E-state index is 0.955. The van der Waals surface area contributed by atoms with Crippen LogP contribution in [-0.4, -0.2) is 20.2 Å². The first-order valence-corrected chi connectivity index (χ1v) is 4.55. The Morgan fingerprint density at radius 1 is 1.31 bits per heavy atom. The van der Waals surface area contributed by atoms with E-state index in [1.807, 2.05) is 25.1 Å². The van der Waals surface area contributed by atoms with Crippen LogP contribution in [0.2, 0.25) is 0 Å². The molecule has 0 aliphatic heterocycles. The number of halogens is 1. The third kappa shape index (κ3) is 1.75. The highest BCUT2D eigenvalue weighted by atomic mass is 79.9. The molecule has 1 aromatic heterocycles. The molecule has 0 aliphatic rings. The average molecular weight is 239 g/mol. The Hall–Kier alpha value is -1.23. The van der Waals surface area contributed by atoms with E-state index in [1.54, 1.807) is 11.0 Å². The molecular weight excluding hydrogens is 232 g/mol. The Balaban J connectivity index is 2.53. The Kier molecular flexibility index (Phi) is 2.10. The van der Waals surface area contributed by atoms with E-state index in [0.29, 0.717) is 0 Å². The fraction of sp³-hybridized carbons (Fsp3) is 0.125. The summed E-state index contributed by atoms with van der Waals surface area (Å²) in [6.45, 7) is 2.03. The van der Waals surface area contributed by atoms with Crippen LogP contribution in [0.3, 0.4) is 0 Å². The summed E-state index contributed by atoms with van der Waals surface area (Å²) in [5.74, 6) is 0. The molecule has 4 nitrogen and oxygen atoms in total. The van der Waals surface area contributed by atoms with Crippen LogP contribution in [0.5, 0.6) is 0 Å². The van der Waals surface area contributed by atoms with Crippen LogP contribution in [0.4, 0.5) is 0 Å². The second-order valence-corrected chi connectivity index (χ2v) is 3.66. The lowest BCUT2D eigenvalue weighted by Crippen LogP contribution is -1.95. The van der Waals surface area contributed by atoms with Gasteiger partial charge in [-0.2, -0.15) is 0 Å². The molecule has 0 aliphatic carbocycles. The van der Waals surface area contributed by atoms with Crippen molar-refractivity contribution >= 4 is 15.9 Å². The molecular formula is C8H7BrN4. The summed E-state index contributed by atoms with van der Waals surface area (Å²) in [5, 5.41) is 11.0. The van der Waals surface area contributed by atoms with E-state index in [1.165, 1.54) is 5.56 Å². The van der Waals surface area contributed by atoms with Crippen molar-refractivity contribution in [2.75, 3.05) is 0 Å². The molecule has 2 rings (SSSR count). The lowest BCUT2D eigenvalue weighted by molar-refractivity contribution is 0.788. The molecule has 0 bridgehead atoms. The monoisotopic (exact) mass is 238 g/mol. The normalized spacial score (nSPS) is 10.3. The summed E-state index contributed by atoms with van der Waals surface area (Å²) in [6.07, 6.45) is 1.57. The van der Waals surface area contributed by atoms with Gasteiger partial charge < -0.3 is 0 Å². The number of aromatic nitrogens is 4. The number of benzene rings is 1. The minimum Gasteiger partial charge on any atom is -0.201 e. The molecule has 0 saturated heterocycles. The predicted molar refractivity (Wildman–Crippen MR) is 51.6 cm³/mol.